The van der Waals surface area contributed by atoms with Crippen LogP contribution in [0.15, 0.2) is 0 Å². The number of rotatable bonds is 0. The van der Waals surface area contributed by atoms with E-state index in [4.69, 9.17) is 11.8 Å². The fourth-order valence-electron chi connectivity index (χ4n) is 0. The Morgan fingerprint density at radius 3 is 1.50 bits per heavy atom. The van der Waals surface area contributed by atoms with E-state index in [0.29, 0.717) is 0 Å². The fourth-order valence-corrected chi connectivity index (χ4v) is 0. The van der Waals surface area contributed by atoms with Crippen molar-refractivity contribution in [2.45, 2.75) is 0 Å². The van der Waals surface area contributed by atoms with Crippen LogP contribution in [0, 0.1) is 11.8 Å². The first-order valence-electron chi connectivity index (χ1n) is 0.224. The van der Waals surface area contributed by atoms with Gasteiger partial charge in [-0.3, -0.25) is 0 Å². The molecule has 0 aromatic rings. The second-order valence-electron chi connectivity index (χ2n) is 0. The fraction of sp³-hybridized carbons (Fsp3) is 0. The van der Waals surface area contributed by atoms with Crippen molar-refractivity contribution in [1.29, 1.82) is 5.26 Å². The molecule has 0 bridgehead atoms. The Hall–Kier alpha value is 1.01. The van der Waals surface area contributed by atoms with Crippen molar-refractivity contribution in [3.05, 3.63) is 6.57 Å². The van der Waals surface area contributed by atoms with Crippen LogP contribution in [0.25, 0.3) is 0 Å². The largest absolute Gasteiger partial charge is 1.00 e. The molecule has 0 N–H and O–H groups in total. The van der Waals surface area contributed by atoms with Gasteiger partial charge in [-0.1, -0.05) is 0 Å². The first-order chi connectivity index (χ1) is 1.00. The van der Waals surface area contributed by atoms with Crippen molar-refractivity contribution >= 4 is 0 Å². The molecule has 0 spiro atoms. The van der Waals surface area contributed by atoms with Crippen molar-refractivity contribution < 1.29 is 48.1 Å². The van der Waals surface area contributed by atoms with E-state index in [2.05, 4.69) is 0 Å². The molecule has 0 unspecified atom stereocenters. The third kappa shape index (κ3) is 11.9. The minimum absolute atomic E-state index is 0. The van der Waals surface area contributed by atoms with Gasteiger partial charge in [0.1, 0.15) is 0 Å². The first kappa shape index (κ1) is 19.9. The van der Waals surface area contributed by atoms with Gasteiger partial charge >= 0.3 is 46.6 Å². The summed E-state index contributed by atoms with van der Waals surface area (Å²) >= 11 is 0. The van der Waals surface area contributed by atoms with E-state index < -0.39 is 0 Å². The molecule has 0 aliphatic carbocycles. The molecule has 0 fully saturated rings. The molecule has 0 heterocycles. The molecule has 0 rings (SSSR count). The molecule has 0 amide bonds. The van der Waals surface area contributed by atoms with Crippen LogP contribution in [-0.2, 0) is 17.1 Å². The molecule has 0 aliphatic heterocycles. The van der Waals surface area contributed by atoms with Gasteiger partial charge in [-0.15, -0.1) is 0 Å². The number of nitrogens with zero attached hydrogens (tertiary/aromatic N) is 1. The molecule has 0 aromatic heterocycles. The molecule has 3 heteroatoms. The smallest absolute Gasteiger partial charge is 1.00 e. The zero-order valence-corrected chi connectivity index (χ0v) is 5.19. The molecule has 0 atom stereocenters. The number of hydrogen-bond donors (Lipinski definition) is 0. The molecule has 4 heavy (non-hydrogen) atoms. The van der Waals surface area contributed by atoms with Gasteiger partial charge in [-0.25, -0.2) is 0 Å². The summed E-state index contributed by atoms with van der Waals surface area (Å²) in [6.07, 6.45) is 0. The van der Waals surface area contributed by atoms with Crippen LogP contribution in [0.1, 0.15) is 1.43 Å². The monoisotopic (exact) mass is 113 g/mol. The average molecular weight is 114 g/mol. The standard InChI is InChI=1S/CN.Cu.Na.H/c1-2;;;/q-1;2*+1;-1. The van der Waals surface area contributed by atoms with Gasteiger partial charge in [-0.05, 0) is 0 Å². The van der Waals surface area contributed by atoms with Gasteiger partial charge < -0.3 is 13.3 Å². The van der Waals surface area contributed by atoms with E-state index in [9.17, 15) is 0 Å². The molecule has 0 saturated carbocycles. The van der Waals surface area contributed by atoms with Gasteiger partial charge in [0.25, 0.3) is 0 Å². The maximum Gasteiger partial charge on any atom is 1.00 e. The predicted molar refractivity (Wildman–Crippen MR) is 6.08 cm³/mol. The molecule has 0 radical (unpaired) electrons. The third-order valence-corrected chi connectivity index (χ3v) is 0. The second kappa shape index (κ2) is 35.6. The topological polar surface area (TPSA) is 23.8 Å². The molecule has 22 valence electrons. The van der Waals surface area contributed by atoms with Crippen molar-refractivity contribution in [2.24, 2.45) is 0 Å². The summed E-state index contributed by atoms with van der Waals surface area (Å²) in [7, 11) is 0. The Bertz CT molecular complexity index is 16.4. The SMILES string of the molecule is [C-]#N.[Cu+].[H-].[Na+]. The number of hydrogen-bond acceptors (Lipinski definition) is 1. The summed E-state index contributed by atoms with van der Waals surface area (Å²) in [5.41, 5.74) is 0. The molecular weight excluding hydrogens is 113 g/mol. The van der Waals surface area contributed by atoms with Gasteiger partial charge in [0.2, 0.25) is 0 Å². The maximum atomic E-state index is 6.25. The maximum absolute atomic E-state index is 6.25. The van der Waals surface area contributed by atoms with Crippen LogP contribution in [0.4, 0.5) is 0 Å². The molecule has 0 aromatic carbocycles. The van der Waals surface area contributed by atoms with Gasteiger partial charge in [0, 0.05) is 0 Å². The normalized spacial score (nSPS) is 0.500. The molecule has 0 aliphatic rings. The molecule has 1 nitrogen and oxygen atoms in total. The Kier molecular flexibility index (Phi) is 178. The van der Waals surface area contributed by atoms with Crippen LogP contribution in [-0.4, -0.2) is 0 Å². The summed E-state index contributed by atoms with van der Waals surface area (Å²) in [6.45, 7) is 4.75. The summed E-state index contributed by atoms with van der Waals surface area (Å²) in [5.74, 6) is 0. The molecular formula is CHCuNNa. The quantitative estimate of drug-likeness (QED) is 0.246. The van der Waals surface area contributed by atoms with Crippen LogP contribution in [0.3, 0.4) is 0 Å². The van der Waals surface area contributed by atoms with E-state index in [-0.39, 0.29) is 48.1 Å². The first-order valence-corrected chi connectivity index (χ1v) is 0.224. The van der Waals surface area contributed by atoms with E-state index in [1.54, 1.807) is 0 Å². The van der Waals surface area contributed by atoms with E-state index in [1.165, 1.54) is 0 Å². The molecule has 0 saturated heterocycles. The average Bonchev–Trinajstić information content (AvgIpc) is 1.00. The Balaban J connectivity index is -0.00000000167. The van der Waals surface area contributed by atoms with Crippen molar-refractivity contribution in [1.82, 2.24) is 0 Å². The minimum Gasteiger partial charge on any atom is -1.00 e. The Morgan fingerprint density at radius 1 is 1.50 bits per heavy atom. The van der Waals surface area contributed by atoms with Gasteiger partial charge in [-0.2, -0.15) is 0 Å². The Morgan fingerprint density at radius 2 is 1.50 bits per heavy atom. The van der Waals surface area contributed by atoms with Crippen molar-refractivity contribution in [3.8, 4) is 0 Å². The van der Waals surface area contributed by atoms with Gasteiger partial charge in [0.15, 0.2) is 0 Å². The van der Waals surface area contributed by atoms with Crippen LogP contribution in [0.2, 0.25) is 0 Å². The summed E-state index contributed by atoms with van der Waals surface area (Å²) in [6, 6.07) is 0. The van der Waals surface area contributed by atoms with E-state index in [1.807, 2.05) is 0 Å². The predicted octanol–water partition coefficient (Wildman–Crippen LogP) is -2.79. The van der Waals surface area contributed by atoms with Crippen LogP contribution >= 0.6 is 0 Å². The summed E-state index contributed by atoms with van der Waals surface area (Å²) in [5, 5.41) is 6.25. The second-order valence-corrected chi connectivity index (χ2v) is 0. The van der Waals surface area contributed by atoms with Crippen molar-refractivity contribution in [2.75, 3.05) is 0 Å². The van der Waals surface area contributed by atoms with Crippen LogP contribution in [0.5, 0.6) is 0 Å². The van der Waals surface area contributed by atoms with E-state index >= 15 is 0 Å². The summed E-state index contributed by atoms with van der Waals surface area (Å²) in [4.78, 5) is 0. The minimum atomic E-state index is 0. The Labute approximate surface area is 59.6 Å². The third-order valence-electron chi connectivity index (χ3n) is 0. The van der Waals surface area contributed by atoms with Gasteiger partial charge in [0.05, 0.1) is 0 Å². The summed E-state index contributed by atoms with van der Waals surface area (Å²) < 4.78 is 0. The van der Waals surface area contributed by atoms with E-state index in [0.717, 1.165) is 0 Å². The zero-order chi connectivity index (χ0) is 2.00. The zero-order valence-electron chi connectivity index (χ0n) is 3.25. The van der Waals surface area contributed by atoms with Crippen LogP contribution < -0.4 is 29.6 Å². The van der Waals surface area contributed by atoms with Crippen molar-refractivity contribution in [3.63, 3.8) is 0 Å².